The van der Waals surface area contributed by atoms with Crippen molar-refractivity contribution in [2.75, 3.05) is 51.7 Å². The van der Waals surface area contributed by atoms with Gasteiger partial charge >= 0.3 is 0 Å². The molecule has 0 amide bonds. The van der Waals surface area contributed by atoms with Crippen LogP contribution in [0.2, 0.25) is 0 Å². The molecule has 0 radical (unpaired) electrons. The van der Waals surface area contributed by atoms with Crippen LogP contribution in [-0.2, 0) is 14.8 Å². The molecule has 1 aliphatic rings. The number of nitrogens with one attached hydrogen (secondary N) is 2. The summed E-state index contributed by atoms with van der Waals surface area (Å²) in [5, 5.41) is 6.23. The number of aliphatic imine (C=N–C) groups is 1. The molecule has 1 aliphatic carbocycles. The third kappa shape index (κ3) is 8.84. The van der Waals surface area contributed by atoms with Crippen molar-refractivity contribution in [1.82, 2.24) is 14.9 Å². The molecule has 2 N–H and O–H groups in total. The average Bonchev–Trinajstić information content (AvgIpc) is 3.35. The number of guanidine groups is 1. The van der Waals surface area contributed by atoms with Crippen molar-refractivity contribution >= 4 is 16.0 Å². The SMILES string of the molecule is CCNC(=NCCCOCC1CC1)NCCS(=O)(=O)N(CC)CC. The van der Waals surface area contributed by atoms with Crippen LogP contribution in [0.1, 0.15) is 40.0 Å². The molecule has 0 bridgehead atoms. The van der Waals surface area contributed by atoms with Gasteiger partial charge < -0.3 is 15.4 Å². The summed E-state index contributed by atoms with van der Waals surface area (Å²) in [7, 11) is -3.20. The van der Waals surface area contributed by atoms with Crippen LogP contribution in [0.25, 0.3) is 0 Å². The lowest BCUT2D eigenvalue weighted by molar-refractivity contribution is 0.123. The van der Waals surface area contributed by atoms with E-state index >= 15 is 0 Å². The van der Waals surface area contributed by atoms with Crippen LogP contribution < -0.4 is 10.6 Å². The molecule has 0 heterocycles. The monoisotopic (exact) mass is 362 g/mol. The van der Waals surface area contributed by atoms with E-state index in [1.807, 2.05) is 20.8 Å². The Labute approximate surface area is 147 Å². The van der Waals surface area contributed by atoms with Gasteiger partial charge in [-0.3, -0.25) is 4.99 Å². The van der Waals surface area contributed by atoms with Gasteiger partial charge in [0.25, 0.3) is 0 Å². The van der Waals surface area contributed by atoms with Crippen LogP contribution in [0, 0.1) is 5.92 Å². The number of ether oxygens (including phenoxy) is 1. The maximum Gasteiger partial charge on any atom is 0.215 e. The Balaban J connectivity index is 2.26. The second-order valence-corrected chi connectivity index (χ2v) is 8.05. The molecule has 1 saturated carbocycles. The summed E-state index contributed by atoms with van der Waals surface area (Å²) in [6.45, 7) is 10.1. The quantitative estimate of drug-likeness (QED) is 0.290. The second kappa shape index (κ2) is 11.7. The first-order valence-electron chi connectivity index (χ1n) is 9.11. The van der Waals surface area contributed by atoms with Gasteiger partial charge in [0.15, 0.2) is 5.96 Å². The van der Waals surface area contributed by atoms with E-state index < -0.39 is 10.0 Å². The normalized spacial score (nSPS) is 15.8. The summed E-state index contributed by atoms with van der Waals surface area (Å²) in [6, 6.07) is 0. The van der Waals surface area contributed by atoms with Crippen molar-refractivity contribution in [1.29, 1.82) is 0 Å². The third-order valence-corrected chi connectivity index (χ3v) is 5.89. The standard InChI is InChI=1S/C16H34N4O3S/c1-4-17-16(18-10-7-12-23-14-15-8-9-15)19-11-13-24(21,22)20(5-2)6-3/h15H,4-14H2,1-3H3,(H2,17,18,19). The Kier molecular flexibility index (Phi) is 10.3. The van der Waals surface area contributed by atoms with E-state index in [9.17, 15) is 8.42 Å². The van der Waals surface area contributed by atoms with Crippen molar-refractivity contribution < 1.29 is 13.2 Å². The Morgan fingerprint density at radius 3 is 2.50 bits per heavy atom. The molecule has 0 unspecified atom stereocenters. The van der Waals surface area contributed by atoms with Crippen LogP contribution in [-0.4, -0.2) is 70.4 Å². The summed E-state index contributed by atoms with van der Waals surface area (Å²) in [4.78, 5) is 4.46. The zero-order chi connectivity index (χ0) is 17.8. The summed E-state index contributed by atoms with van der Waals surface area (Å²) >= 11 is 0. The van der Waals surface area contributed by atoms with Gasteiger partial charge in [-0.1, -0.05) is 13.8 Å². The highest BCUT2D eigenvalue weighted by molar-refractivity contribution is 7.89. The number of hydrogen-bond acceptors (Lipinski definition) is 4. The molecule has 0 aromatic rings. The first-order chi connectivity index (χ1) is 11.5. The fourth-order valence-electron chi connectivity index (χ4n) is 2.28. The molecular formula is C16H34N4O3S. The fraction of sp³-hybridized carbons (Fsp3) is 0.938. The highest BCUT2D eigenvalue weighted by Crippen LogP contribution is 2.28. The van der Waals surface area contributed by atoms with Crippen molar-refractivity contribution in [3.63, 3.8) is 0 Å². The van der Waals surface area contributed by atoms with E-state index in [-0.39, 0.29) is 5.75 Å². The van der Waals surface area contributed by atoms with Gasteiger partial charge in [0.1, 0.15) is 0 Å². The summed E-state index contributed by atoms with van der Waals surface area (Å²) in [5.74, 6) is 1.53. The van der Waals surface area contributed by atoms with Crippen molar-refractivity contribution in [3.8, 4) is 0 Å². The van der Waals surface area contributed by atoms with E-state index in [4.69, 9.17) is 4.74 Å². The molecule has 8 heteroatoms. The smallest absolute Gasteiger partial charge is 0.215 e. The predicted octanol–water partition coefficient (Wildman–Crippen LogP) is 1.03. The van der Waals surface area contributed by atoms with E-state index in [2.05, 4.69) is 15.6 Å². The van der Waals surface area contributed by atoms with Crippen LogP contribution in [0.5, 0.6) is 0 Å². The van der Waals surface area contributed by atoms with Gasteiger partial charge in [0.05, 0.1) is 5.75 Å². The summed E-state index contributed by atoms with van der Waals surface area (Å²) in [5.41, 5.74) is 0. The van der Waals surface area contributed by atoms with Crippen LogP contribution in [0.4, 0.5) is 0 Å². The zero-order valence-corrected chi connectivity index (χ0v) is 16.2. The minimum absolute atomic E-state index is 0.0730. The van der Waals surface area contributed by atoms with Gasteiger partial charge in [-0.05, 0) is 32.1 Å². The maximum atomic E-state index is 12.1. The van der Waals surface area contributed by atoms with Gasteiger partial charge in [-0.25, -0.2) is 12.7 Å². The molecule has 0 atom stereocenters. The first kappa shape index (κ1) is 21.2. The Morgan fingerprint density at radius 1 is 1.21 bits per heavy atom. The van der Waals surface area contributed by atoms with Gasteiger partial charge in [0.2, 0.25) is 10.0 Å². The van der Waals surface area contributed by atoms with Crippen LogP contribution in [0.15, 0.2) is 4.99 Å². The molecule has 1 fully saturated rings. The topological polar surface area (TPSA) is 83.0 Å². The molecule has 0 saturated heterocycles. The summed E-state index contributed by atoms with van der Waals surface area (Å²) in [6.07, 6.45) is 3.49. The molecule has 7 nitrogen and oxygen atoms in total. The van der Waals surface area contributed by atoms with Crippen molar-refractivity contribution in [2.45, 2.75) is 40.0 Å². The average molecular weight is 363 g/mol. The van der Waals surface area contributed by atoms with Gasteiger partial charge in [0, 0.05) is 45.9 Å². The largest absolute Gasteiger partial charge is 0.381 e. The van der Waals surface area contributed by atoms with E-state index in [1.165, 1.54) is 17.1 Å². The highest BCUT2D eigenvalue weighted by Gasteiger charge is 2.20. The molecule has 0 aromatic carbocycles. The lowest BCUT2D eigenvalue weighted by Gasteiger charge is -2.19. The Hall–Kier alpha value is -0.860. The number of sulfonamides is 1. The predicted molar refractivity (Wildman–Crippen MR) is 98.8 cm³/mol. The molecule has 0 aromatic heterocycles. The van der Waals surface area contributed by atoms with E-state index in [1.54, 1.807) is 0 Å². The maximum absolute atomic E-state index is 12.1. The molecular weight excluding hydrogens is 328 g/mol. The number of nitrogens with zero attached hydrogens (tertiary/aromatic N) is 2. The molecule has 24 heavy (non-hydrogen) atoms. The molecule has 1 rings (SSSR count). The number of hydrogen-bond donors (Lipinski definition) is 2. The number of rotatable bonds is 13. The Bertz CT molecular complexity index is 460. The lowest BCUT2D eigenvalue weighted by atomic mass is 10.4. The van der Waals surface area contributed by atoms with Crippen molar-refractivity contribution in [3.05, 3.63) is 0 Å². The minimum atomic E-state index is -3.20. The van der Waals surface area contributed by atoms with Crippen LogP contribution >= 0.6 is 0 Å². The fourth-order valence-corrected chi connectivity index (χ4v) is 3.68. The second-order valence-electron chi connectivity index (χ2n) is 5.96. The highest BCUT2D eigenvalue weighted by atomic mass is 32.2. The van der Waals surface area contributed by atoms with E-state index in [0.717, 1.165) is 32.1 Å². The van der Waals surface area contributed by atoms with Crippen molar-refractivity contribution in [2.24, 2.45) is 10.9 Å². The zero-order valence-electron chi connectivity index (χ0n) is 15.4. The molecule has 0 aliphatic heterocycles. The lowest BCUT2D eigenvalue weighted by Crippen LogP contribution is -2.42. The molecule has 0 spiro atoms. The van der Waals surface area contributed by atoms with E-state index in [0.29, 0.717) is 32.1 Å². The van der Waals surface area contributed by atoms with Gasteiger partial charge in [-0.15, -0.1) is 0 Å². The third-order valence-electron chi connectivity index (χ3n) is 3.86. The summed E-state index contributed by atoms with van der Waals surface area (Å²) < 4.78 is 31.3. The van der Waals surface area contributed by atoms with Gasteiger partial charge in [-0.2, -0.15) is 0 Å². The first-order valence-corrected chi connectivity index (χ1v) is 10.7. The minimum Gasteiger partial charge on any atom is -0.381 e. The Morgan fingerprint density at radius 2 is 1.92 bits per heavy atom. The molecule has 142 valence electrons. The van der Waals surface area contributed by atoms with Crippen LogP contribution in [0.3, 0.4) is 0 Å².